The number of benzene rings is 1. The van der Waals surface area contributed by atoms with Crippen LogP contribution in [0.5, 0.6) is 5.75 Å². The van der Waals surface area contributed by atoms with Gasteiger partial charge < -0.3 is 9.64 Å². The van der Waals surface area contributed by atoms with E-state index in [1.807, 2.05) is 42.3 Å². The molecule has 0 aliphatic carbocycles. The number of rotatable bonds is 3. The second-order valence-corrected chi connectivity index (χ2v) is 6.10. The SMILES string of the molecule is Cc1ccc2c(c1)O[C@H](C)CN2C(=O)CCc1cscn1. The summed E-state index contributed by atoms with van der Waals surface area (Å²) in [6, 6.07) is 5.97. The molecule has 0 saturated heterocycles. The molecule has 0 unspecified atom stereocenters. The van der Waals surface area contributed by atoms with Gasteiger partial charge in [0.2, 0.25) is 5.91 Å². The molecule has 1 atom stereocenters. The van der Waals surface area contributed by atoms with E-state index in [9.17, 15) is 4.79 Å². The van der Waals surface area contributed by atoms with Crippen LogP contribution in [0.3, 0.4) is 0 Å². The van der Waals surface area contributed by atoms with E-state index in [2.05, 4.69) is 4.98 Å². The Morgan fingerprint density at radius 1 is 1.52 bits per heavy atom. The van der Waals surface area contributed by atoms with Crippen LogP contribution in [0.4, 0.5) is 5.69 Å². The largest absolute Gasteiger partial charge is 0.487 e. The van der Waals surface area contributed by atoms with Crippen LogP contribution in [0.15, 0.2) is 29.1 Å². The third kappa shape index (κ3) is 3.08. The molecule has 0 saturated carbocycles. The monoisotopic (exact) mass is 302 g/mol. The van der Waals surface area contributed by atoms with E-state index in [4.69, 9.17) is 4.74 Å². The molecule has 1 aliphatic rings. The van der Waals surface area contributed by atoms with Gasteiger partial charge in [-0.2, -0.15) is 0 Å². The zero-order chi connectivity index (χ0) is 14.8. The summed E-state index contributed by atoms with van der Waals surface area (Å²) in [6.07, 6.45) is 1.18. The lowest BCUT2D eigenvalue weighted by molar-refractivity contribution is -0.119. The summed E-state index contributed by atoms with van der Waals surface area (Å²) >= 11 is 1.56. The summed E-state index contributed by atoms with van der Waals surface area (Å²) in [5.74, 6) is 0.930. The van der Waals surface area contributed by atoms with E-state index in [1.165, 1.54) is 0 Å². The van der Waals surface area contributed by atoms with Gasteiger partial charge in [-0.3, -0.25) is 4.79 Å². The van der Waals surface area contributed by atoms with Crippen LogP contribution in [0.2, 0.25) is 0 Å². The lowest BCUT2D eigenvalue weighted by Gasteiger charge is -2.33. The van der Waals surface area contributed by atoms with Gasteiger partial charge in [-0.25, -0.2) is 4.98 Å². The number of anilines is 1. The Labute approximate surface area is 128 Å². The van der Waals surface area contributed by atoms with Gasteiger partial charge in [-0.1, -0.05) is 6.07 Å². The first kappa shape index (κ1) is 14.1. The zero-order valence-electron chi connectivity index (χ0n) is 12.2. The van der Waals surface area contributed by atoms with E-state index < -0.39 is 0 Å². The number of thiazole rings is 1. The average molecular weight is 302 g/mol. The van der Waals surface area contributed by atoms with Gasteiger partial charge >= 0.3 is 0 Å². The number of hydrogen-bond donors (Lipinski definition) is 0. The van der Waals surface area contributed by atoms with Gasteiger partial charge in [0.1, 0.15) is 11.9 Å². The van der Waals surface area contributed by atoms with E-state index in [-0.39, 0.29) is 12.0 Å². The number of fused-ring (bicyclic) bond motifs is 1. The number of carbonyl (C=O) groups is 1. The molecule has 0 spiro atoms. The van der Waals surface area contributed by atoms with Gasteiger partial charge in [0.05, 0.1) is 23.4 Å². The normalized spacial score (nSPS) is 17.2. The van der Waals surface area contributed by atoms with Crippen LogP contribution >= 0.6 is 11.3 Å². The van der Waals surface area contributed by atoms with Crippen LogP contribution in [0.1, 0.15) is 24.6 Å². The van der Waals surface area contributed by atoms with Gasteiger partial charge in [0, 0.05) is 11.8 Å². The van der Waals surface area contributed by atoms with Crippen molar-refractivity contribution in [3.8, 4) is 5.75 Å². The number of aromatic nitrogens is 1. The van der Waals surface area contributed by atoms with Crippen LogP contribution in [-0.4, -0.2) is 23.5 Å². The number of ether oxygens (including phenoxy) is 1. The molecule has 5 heteroatoms. The van der Waals surface area contributed by atoms with Crippen molar-refractivity contribution in [1.82, 2.24) is 4.98 Å². The molecule has 4 nitrogen and oxygen atoms in total. The minimum absolute atomic E-state index is 0.0162. The Kier molecular flexibility index (Phi) is 3.92. The van der Waals surface area contributed by atoms with Crippen molar-refractivity contribution < 1.29 is 9.53 Å². The molecule has 0 bridgehead atoms. The number of nitrogens with zero attached hydrogens (tertiary/aromatic N) is 2. The first-order chi connectivity index (χ1) is 10.1. The molecular weight excluding hydrogens is 284 g/mol. The fourth-order valence-electron chi connectivity index (χ4n) is 2.52. The quantitative estimate of drug-likeness (QED) is 0.874. The van der Waals surface area contributed by atoms with Gasteiger partial charge in [0.25, 0.3) is 0 Å². The second kappa shape index (κ2) is 5.85. The first-order valence-corrected chi connectivity index (χ1v) is 8.02. The zero-order valence-corrected chi connectivity index (χ0v) is 13.0. The lowest BCUT2D eigenvalue weighted by Crippen LogP contribution is -2.42. The molecule has 21 heavy (non-hydrogen) atoms. The van der Waals surface area contributed by atoms with Crippen molar-refractivity contribution in [3.63, 3.8) is 0 Å². The summed E-state index contributed by atoms with van der Waals surface area (Å²) in [5, 5.41) is 1.99. The van der Waals surface area contributed by atoms with Crippen molar-refractivity contribution in [2.45, 2.75) is 32.8 Å². The molecule has 2 aromatic rings. The van der Waals surface area contributed by atoms with Gasteiger partial charge in [-0.05, 0) is 38.0 Å². The first-order valence-electron chi connectivity index (χ1n) is 7.08. The summed E-state index contributed by atoms with van der Waals surface area (Å²) < 4.78 is 5.84. The highest BCUT2D eigenvalue weighted by atomic mass is 32.1. The third-order valence-electron chi connectivity index (χ3n) is 3.55. The summed E-state index contributed by atoms with van der Waals surface area (Å²) in [5.41, 5.74) is 4.80. The Morgan fingerprint density at radius 3 is 3.14 bits per heavy atom. The maximum atomic E-state index is 12.5. The molecular formula is C16H18N2O2S. The van der Waals surface area contributed by atoms with Crippen LogP contribution in [-0.2, 0) is 11.2 Å². The molecule has 110 valence electrons. The topological polar surface area (TPSA) is 42.4 Å². The highest BCUT2D eigenvalue weighted by Gasteiger charge is 2.27. The molecule has 2 heterocycles. The fraction of sp³-hybridized carbons (Fsp3) is 0.375. The predicted molar refractivity (Wildman–Crippen MR) is 84.1 cm³/mol. The molecule has 0 fully saturated rings. The molecule has 0 N–H and O–H groups in total. The number of carbonyl (C=O) groups excluding carboxylic acids is 1. The lowest BCUT2D eigenvalue weighted by atomic mass is 10.1. The Hall–Kier alpha value is -1.88. The predicted octanol–water partition coefficient (Wildman–Crippen LogP) is 3.20. The van der Waals surface area contributed by atoms with Crippen LogP contribution in [0.25, 0.3) is 0 Å². The van der Waals surface area contributed by atoms with Crippen molar-refractivity contribution in [1.29, 1.82) is 0 Å². The third-order valence-corrected chi connectivity index (χ3v) is 4.19. The summed E-state index contributed by atoms with van der Waals surface area (Å²) in [6.45, 7) is 4.62. The number of amides is 1. The van der Waals surface area contributed by atoms with Crippen LogP contribution in [0, 0.1) is 6.92 Å². The van der Waals surface area contributed by atoms with Crippen molar-refractivity contribution >= 4 is 22.9 Å². The molecule has 1 aromatic carbocycles. The smallest absolute Gasteiger partial charge is 0.227 e. The average Bonchev–Trinajstić information content (AvgIpc) is 2.96. The van der Waals surface area contributed by atoms with Crippen molar-refractivity contribution in [2.24, 2.45) is 0 Å². The van der Waals surface area contributed by atoms with E-state index >= 15 is 0 Å². The molecule has 1 aromatic heterocycles. The number of aryl methyl sites for hydroxylation is 2. The number of hydrogen-bond acceptors (Lipinski definition) is 4. The Morgan fingerprint density at radius 2 is 2.38 bits per heavy atom. The summed E-state index contributed by atoms with van der Waals surface area (Å²) in [7, 11) is 0. The molecule has 3 rings (SSSR count). The maximum Gasteiger partial charge on any atom is 0.227 e. The minimum atomic E-state index is 0.0162. The van der Waals surface area contributed by atoms with Crippen LogP contribution < -0.4 is 9.64 Å². The second-order valence-electron chi connectivity index (χ2n) is 5.38. The van der Waals surface area contributed by atoms with E-state index in [1.54, 1.807) is 16.8 Å². The fourth-order valence-corrected chi connectivity index (χ4v) is 3.11. The van der Waals surface area contributed by atoms with E-state index in [0.717, 1.165) is 22.7 Å². The Bertz CT molecular complexity index is 640. The molecule has 1 amide bonds. The maximum absolute atomic E-state index is 12.5. The van der Waals surface area contributed by atoms with Gasteiger partial charge in [0.15, 0.2) is 0 Å². The highest BCUT2D eigenvalue weighted by molar-refractivity contribution is 7.07. The standard InChI is InChI=1S/C16H18N2O2S/c1-11-3-5-14-15(7-11)20-12(2)8-18(14)16(19)6-4-13-9-21-10-17-13/h3,5,7,9-10,12H,4,6,8H2,1-2H3/t12-/m1/s1. The Balaban J connectivity index is 1.77. The molecule has 1 aliphatic heterocycles. The minimum Gasteiger partial charge on any atom is -0.487 e. The highest BCUT2D eigenvalue weighted by Crippen LogP contribution is 2.34. The van der Waals surface area contributed by atoms with Crippen molar-refractivity contribution in [3.05, 3.63) is 40.3 Å². The van der Waals surface area contributed by atoms with E-state index in [0.29, 0.717) is 19.4 Å². The summed E-state index contributed by atoms with van der Waals surface area (Å²) in [4.78, 5) is 18.6. The van der Waals surface area contributed by atoms with Crippen molar-refractivity contribution in [2.75, 3.05) is 11.4 Å². The van der Waals surface area contributed by atoms with Gasteiger partial charge in [-0.15, -0.1) is 11.3 Å². The molecule has 0 radical (unpaired) electrons.